The van der Waals surface area contributed by atoms with Gasteiger partial charge >= 0.3 is 0 Å². The third-order valence-electron chi connectivity index (χ3n) is 4.94. The van der Waals surface area contributed by atoms with Crippen LogP contribution in [-0.2, 0) is 4.79 Å². The highest BCUT2D eigenvalue weighted by Crippen LogP contribution is 2.40. The predicted molar refractivity (Wildman–Crippen MR) is 91.9 cm³/mol. The maximum absolute atomic E-state index is 12.3. The number of carbonyl (C=O) groups excluding carboxylic acids is 3. The maximum Gasteiger partial charge on any atom is 0.267 e. The van der Waals surface area contributed by atoms with Gasteiger partial charge in [0.25, 0.3) is 11.8 Å². The SMILES string of the molecule is NC(=O)c1ccc(C(=O)NC/C=C/CNC(=O)C23CCN(CC2)C3)[nH]1. The number of fused-ring (bicyclic) bond motifs is 2. The van der Waals surface area contributed by atoms with Gasteiger partial charge in [0, 0.05) is 19.6 Å². The van der Waals surface area contributed by atoms with E-state index in [0.29, 0.717) is 13.1 Å². The van der Waals surface area contributed by atoms with Gasteiger partial charge in [-0.05, 0) is 38.1 Å². The number of hydrogen-bond donors (Lipinski definition) is 4. The quantitative estimate of drug-likeness (QED) is 0.503. The van der Waals surface area contributed by atoms with Gasteiger partial charge in [-0.3, -0.25) is 14.4 Å². The van der Waals surface area contributed by atoms with E-state index in [4.69, 9.17) is 5.73 Å². The van der Waals surface area contributed by atoms with Crippen molar-refractivity contribution in [2.75, 3.05) is 32.7 Å². The summed E-state index contributed by atoms with van der Waals surface area (Å²) in [6.07, 6.45) is 5.49. The lowest BCUT2D eigenvalue weighted by Crippen LogP contribution is -2.40. The molecule has 3 amide bonds. The Morgan fingerprint density at radius 3 is 2.32 bits per heavy atom. The molecule has 25 heavy (non-hydrogen) atoms. The molecule has 8 nitrogen and oxygen atoms in total. The lowest BCUT2D eigenvalue weighted by Gasteiger charge is -2.23. The third-order valence-corrected chi connectivity index (χ3v) is 4.94. The first kappa shape index (κ1) is 17.2. The number of nitrogens with zero attached hydrogens (tertiary/aromatic N) is 1. The minimum Gasteiger partial charge on any atom is -0.364 e. The largest absolute Gasteiger partial charge is 0.364 e. The zero-order valence-corrected chi connectivity index (χ0v) is 14.0. The fourth-order valence-electron chi connectivity index (χ4n) is 3.45. The molecule has 5 N–H and O–H groups in total. The summed E-state index contributed by atoms with van der Waals surface area (Å²) in [5.74, 6) is -0.801. The average Bonchev–Trinajstić information content (AvgIpc) is 3.33. The van der Waals surface area contributed by atoms with Crippen LogP contribution in [0.2, 0.25) is 0 Å². The van der Waals surface area contributed by atoms with Crippen molar-refractivity contribution in [2.45, 2.75) is 12.8 Å². The molecule has 0 spiro atoms. The molecule has 1 aromatic rings. The number of primary amides is 1. The maximum atomic E-state index is 12.3. The number of nitrogens with one attached hydrogen (secondary N) is 3. The first-order valence-corrected chi connectivity index (χ1v) is 8.43. The summed E-state index contributed by atoms with van der Waals surface area (Å²) in [5.41, 5.74) is 5.41. The number of piperidine rings is 1. The van der Waals surface area contributed by atoms with Crippen molar-refractivity contribution in [2.24, 2.45) is 11.1 Å². The smallest absolute Gasteiger partial charge is 0.267 e. The molecule has 2 bridgehead atoms. The summed E-state index contributed by atoms with van der Waals surface area (Å²) in [4.78, 5) is 40.2. The lowest BCUT2D eigenvalue weighted by atomic mass is 9.84. The molecule has 0 unspecified atom stereocenters. The van der Waals surface area contributed by atoms with Gasteiger partial charge in [-0.2, -0.15) is 0 Å². The van der Waals surface area contributed by atoms with Crippen LogP contribution in [0.1, 0.15) is 33.8 Å². The van der Waals surface area contributed by atoms with Crippen LogP contribution in [0.15, 0.2) is 24.3 Å². The normalized spacial score (nSPS) is 24.6. The van der Waals surface area contributed by atoms with Crippen molar-refractivity contribution in [3.8, 4) is 0 Å². The summed E-state index contributed by atoms with van der Waals surface area (Å²) in [7, 11) is 0. The highest BCUT2D eigenvalue weighted by atomic mass is 16.2. The van der Waals surface area contributed by atoms with E-state index in [1.54, 1.807) is 6.08 Å². The number of H-pyrrole nitrogens is 1. The predicted octanol–water partition coefficient (Wildman–Crippen LogP) is -0.388. The van der Waals surface area contributed by atoms with E-state index >= 15 is 0 Å². The Hall–Kier alpha value is -2.61. The average molecular weight is 345 g/mol. The zero-order valence-electron chi connectivity index (χ0n) is 14.0. The van der Waals surface area contributed by atoms with Crippen molar-refractivity contribution >= 4 is 17.7 Å². The fraction of sp³-hybridized carbons (Fsp3) is 0.471. The van der Waals surface area contributed by atoms with Crippen molar-refractivity contribution in [1.82, 2.24) is 20.5 Å². The van der Waals surface area contributed by atoms with Crippen molar-refractivity contribution in [1.29, 1.82) is 0 Å². The van der Waals surface area contributed by atoms with E-state index in [1.165, 1.54) is 12.1 Å². The first-order valence-electron chi connectivity index (χ1n) is 8.43. The molecule has 3 heterocycles. The summed E-state index contributed by atoms with van der Waals surface area (Å²) >= 11 is 0. The van der Waals surface area contributed by atoms with Gasteiger partial charge in [-0.1, -0.05) is 12.2 Å². The molecule has 0 atom stereocenters. The first-order chi connectivity index (χ1) is 12.0. The Bertz CT molecular complexity index is 701. The minimum absolute atomic E-state index is 0.131. The molecular formula is C17H23N5O3. The van der Waals surface area contributed by atoms with Crippen LogP contribution in [0.25, 0.3) is 0 Å². The molecule has 2 fully saturated rings. The summed E-state index contributed by atoms with van der Waals surface area (Å²) < 4.78 is 0. The fourth-order valence-corrected chi connectivity index (χ4v) is 3.45. The summed E-state index contributed by atoms with van der Waals surface area (Å²) in [6, 6.07) is 2.97. The van der Waals surface area contributed by atoms with E-state index in [2.05, 4.69) is 20.5 Å². The van der Waals surface area contributed by atoms with E-state index in [9.17, 15) is 14.4 Å². The van der Waals surface area contributed by atoms with Gasteiger partial charge in [-0.15, -0.1) is 0 Å². The van der Waals surface area contributed by atoms with Crippen LogP contribution in [0, 0.1) is 5.41 Å². The number of nitrogens with two attached hydrogens (primary N) is 1. The van der Waals surface area contributed by atoms with Crippen molar-refractivity contribution in [3.05, 3.63) is 35.7 Å². The number of amides is 3. The van der Waals surface area contributed by atoms with Gasteiger partial charge < -0.3 is 26.3 Å². The molecule has 2 saturated heterocycles. The minimum atomic E-state index is -0.609. The molecule has 2 aliphatic heterocycles. The van der Waals surface area contributed by atoms with Gasteiger partial charge in [0.2, 0.25) is 5.91 Å². The number of aromatic nitrogens is 1. The number of aromatic amines is 1. The Morgan fingerprint density at radius 1 is 1.12 bits per heavy atom. The van der Waals surface area contributed by atoms with Crippen molar-refractivity contribution in [3.63, 3.8) is 0 Å². The number of rotatable bonds is 7. The highest BCUT2D eigenvalue weighted by Gasteiger charge is 2.48. The van der Waals surface area contributed by atoms with Gasteiger partial charge in [-0.25, -0.2) is 0 Å². The Labute approximate surface area is 145 Å². The number of carbonyl (C=O) groups is 3. The van der Waals surface area contributed by atoms with E-state index in [-0.39, 0.29) is 28.6 Å². The molecule has 3 rings (SSSR count). The summed E-state index contributed by atoms with van der Waals surface area (Å²) in [6.45, 7) is 3.70. The Morgan fingerprint density at radius 2 is 1.76 bits per heavy atom. The van der Waals surface area contributed by atoms with Crippen LogP contribution in [0.5, 0.6) is 0 Å². The lowest BCUT2D eigenvalue weighted by molar-refractivity contribution is -0.129. The van der Waals surface area contributed by atoms with E-state index in [0.717, 1.165) is 32.5 Å². The Balaban J connectivity index is 1.36. The van der Waals surface area contributed by atoms with Crippen LogP contribution in [0.3, 0.4) is 0 Å². The molecular weight excluding hydrogens is 322 g/mol. The second-order valence-corrected chi connectivity index (χ2v) is 6.60. The van der Waals surface area contributed by atoms with Gasteiger partial charge in [0.1, 0.15) is 11.4 Å². The van der Waals surface area contributed by atoms with Gasteiger partial charge in [0.15, 0.2) is 0 Å². The second-order valence-electron chi connectivity index (χ2n) is 6.60. The van der Waals surface area contributed by atoms with Crippen LogP contribution < -0.4 is 16.4 Å². The van der Waals surface area contributed by atoms with Crippen LogP contribution >= 0.6 is 0 Å². The van der Waals surface area contributed by atoms with E-state index < -0.39 is 5.91 Å². The molecule has 8 heteroatoms. The molecule has 0 radical (unpaired) electrons. The summed E-state index contributed by atoms with van der Waals surface area (Å²) in [5, 5.41) is 5.65. The monoisotopic (exact) mass is 345 g/mol. The zero-order chi connectivity index (χ0) is 17.9. The van der Waals surface area contributed by atoms with E-state index in [1.807, 2.05) is 6.08 Å². The molecule has 0 aliphatic carbocycles. The standard InChI is InChI=1S/C17H23N5O3/c18-14(23)12-3-4-13(21-12)15(24)19-7-1-2-8-20-16(25)17-5-9-22(11-17)10-6-17/h1-4,21H,5-11H2,(H2,18,23)(H,19,24)(H,20,25)/b2-1+. The Kier molecular flexibility index (Phi) is 4.89. The molecule has 2 aliphatic rings. The molecule has 1 aromatic heterocycles. The van der Waals surface area contributed by atoms with Crippen molar-refractivity contribution < 1.29 is 14.4 Å². The second kappa shape index (κ2) is 7.10. The van der Waals surface area contributed by atoms with Crippen LogP contribution in [-0.4, -0.2) is 60.3 Å². The highest BCUT2D eigenvalue weighted by molar-refractivity contribution is 5.96. The molecule has 134 valence electrons. The molecule has 0 saturated carbocycles. The molecule has 0 aromatic carbocycles. The third kappa shape index (κ3) is 3.74. The van der Waals surface area contributed by atoms with Gasteiger partial charge in [0.05, 0.1) is 5.41 Å². The number of hydrogen-bond acceptors (Lipinski definition) is 4. The van der Waals surface area contributed by atoms with Crippen LogP contribution in [0.4, 0.5) is 0 Å². The topological polar surface area (TPSA) is 120 Å².